The molecule has 0 amide bonds. The van der Waals surface area contributed by atoms with Crippen LogP contribution >= 0.6 is 0 Å². The van der Waals surface area contributed by atoms with Crippen LogP contribution in [-0.2, 0) is 0 Å². The predicted octanol–water partition coefficient (Wildman–Crippen LogP) is 4.14. The van der Waals surface area contributed by atoms with Crippen LogP contribution in [0.3, 0.4) is 0 Å². The van der Waals surface area contributed by atoms with Gasteiger partial charge in [0.25, 0.3) is 0 Å². The molecule has 0 bridgehead atoms. The molecule has 42 heavy (non-hydrogen) atoms. The van der Waals surface area contributed by atoms with E-state index in [1.54, 1.807) is 0 Å². The van der Waals surface area contributed by atoms with E-state index in [0.29, 0.717) is 0 Å². The Bertz CT molecular complexity index is 1810. The molecule has 2 aliphatic rings. The van der Waals surface area contributed by atoms with Gasteiger partial charge in [-0.1, -0.05) is 12.1 Å². The second-order valence-corrected chi connectivity index (χ2v) is 9.98. The molecule has 8 N–H and O–H groups in total. The molecule has 0 aromatic heterocycles. The molecule has 2 heterocycles. The van der Waals surface area contributed by atoms with Gasteiger partial charge in [0, 0.05) is 18.2 Å². The van der Waals surface area contributed by atoms with Gasteiger partial charge in [-0.05, 0) is 35.4 Å². The van der Waals surface area contributed by atoms with E-state index in [4.69, 9.17) is 9.47 Å². The van der Waals surface area contributed by atoms with Gasteiger partial charge in [0.1, 0.15) is 57.8 Å². The first-order valence-electron chi connectivity index (χ1n) is 12.5. The average Bonchev–Trinajstić information content (AvgIpc) is 2.91. The fourth-order valence-corrected chi connectivity index (χ4v) is 5.41. The summed E-state index contributed by atoms with van der Waals surface area (Å²) < 4.78 is 12.2. The Morgan fingerprint density at radius 1 is 0.595 bits per heavy atom. The van der Waals surface area contributed by atoms with Gasteiger partial charge in [0.15, 0.2) is 34.6 Å². The summed E-state index contributed by atoms with van der Waals surface area (Å²) >= 11 is 0. The number of benzene rings is 4. The van der Waals surface area contributed by atoms with Crippen molar-refractivity contribution in [2.75, 3.05) is 0 Å². The molecule has 4 aromatic carbocycles. The predicted molar refractivity (Wildman–Crippen MR) is 142 cm³/mol. The fraction of sp³-hybridized carbons (Fsp3) is 0.133. The molecule has 12 nitrogen and oxygen atoms in total. The summed E-state index contributed by atoms with van der Waals surface area (Å²) in [6, 6.07) is 10.3. The summed E-state index contributed by atoms with van der Waals surface area (Å²) in [7, 11) is 0. The van der Waals surface area contributed by atoms with Gasteiger partial charge in [-0.15, -0.1) is 0 Å². The minimum absolute atomic E-state index is 0.125. The zero-order chi connectivity index (χ0) is 30.0. The first kappa shape index (κ1) is 26.4. The van der Waals surface area contributed by atoms with Crippen molar-refractivity contribution in [1.29, 1.82) is 0 Å². The number of carbonyl (C=O) groups is 2. The van der Waals surface area contributed by atoms with Crippen molar-refractivity contribution in [1.82, 2.24) is 0 Å². The summed E-state index contributed by atoms with van der Waals surface area (Å²) in [6.45, 7) is 0. The van der Waals surface area contributed by atoms with Crippen LogP contribution in [-0.4, -0.2) is 52.4 Å². The standard InChI is InChI=1S/C30H22O12/c31-13-7-18(36)25-23(8-13)42-29(12-2-4-15(33)17(35)6-12)27(28(25)40)26-20(38)9-19(37)24-21(39)10-22(41-30(24)26)11-1-3-14(32)16(34)5-11/h1-9,22,27,29,31-38H,10H2/t22-,27?,29-/m0/s1. The van der Waals surface area contributed by atoms with E-state index in [1.165, 1.54) is 24.3 Å². The number of fused-ring (bicyclic) bond motifs is 2. The van der Waals surface area contributed by atoms with Crippen molar-refractivity contribution < 1.29 is 59.9 Å². The quantitative estimate of drug-likeness (QED) is 0.162. The molecule has 6 rings (SSSR count). The summed E-state index contributed by atoms with van der Waals surface area (Å²) in [6.07, 6.45) is -2.76. The summed E-state index contributed by atoms with van der Waals surface area (Å²) in [5.41, 5.74) is -0.573. The first-order valence-corrected chi connectivity index (χ1v) is 12.5. The average molecular weight is 574 g/mol. The third-order valence-corrected chi connectivity index (χ3v) is 7.35. The van der Waals surface area contributed by atoms with E-state index in [-0.39, 0.29) is 45.7 Å². The van der Waals surface area contributed by atoms with E-state index in [9.17, 15) is 50.4 Å². The molecule has 0 fully saturated rings. The molecule has 0 spiro atoms. The lowest BCUT2D eigenvalue weighted by Crippen LogP contribution is -2.32. The normalized spacial score (nSPS) is 19.4. The molecule has 0 saturated carbocycles. The summed E-state index contributed by atoms with van der Waals surface area (Å²) in [4.78, 5) is 27.4. The van der Waals surface area contributed by atoms with Crippen LogP contribution in [0, 0.1) is 0 Å². The zero-order valence-electron chi connectivity index (χ0n) is 21.3. The minimum atomic E-state index is -1.56. The summed E-state index contributed by atoms with van der Waals surface area (Å²) in [5, 5.41) is 82.2. The highest BCUT2D eigenvalue weighted by atomic mass is 16.5. The van der Waals surface area contributed by atoms with Crippen LogP contribution < -0.4 is 9.47 Å². The molecule has 4 aromatic rings. The Hall–Kier alpha value is -5.78. The maximum Gasteiger partial charge on any atom is 0.182 e. The number of ketones is 2. The molecule has 0 saturated heterocycles. The number of carbonyl (C=O) groups excluding carboxylic acids is 2. The number of aromatic hydroxyl groups is 8. The summed E-state index contributed by atoms with van der Waals surface area (Å²) in [5.74, 6) is -7.83. The van der Waals surface area contributed by atoms with Gasteiger partial charge in [0.05, 0.1) is 17.9 Å². The molecular weight excluding hydrogens is 552 g/mol. The Labute approximate surface area is 236 Å². The van der Waals surface area contributed by atoms with E-state index >= 15 is 0 Å². The topological polar surface area (TPSA) is 214 Å². The highest BCUT2D eigenvalue weighted by Gasteiger charge is 2.46. The van der Waals surface area contributed by atoms with Gasteiger partial charge in [-0.2, -0.15) is 0 Å². The number of Topliss-reactive ketones (excluding diaryl/α,β-unsaturated/α-hetero) is 2. The van der Waals surface area contributed by atoms with Crippen molar-refractivity contribution in [3.8, 4) is 57.5 Å². The smallest absolute Gasteiger partial charge is 0.182 e. The number of hydrogen-bond donors (Lipinski definition) is 8. The molecule has 0 aliphatic carbocycles. The lowest BCUT2D eigenvalue weighted by atomic mass is 9.78. The van der Waals surface area contributed by atoms with Crippen LogP contribution in [0.25, 0.3) is 0 Å². The van der Waals surface area contributed by atoms with Crippen molar-refractivity contribution in [3.63, 3.8) is 0 Å². The van der Waals surface area contributed by atoms with Crippen LogP contribution in [0.2, 0.25) is 0 Å². The number of phenolic OH excluding ortho intramolecular Hbond substituents is 8. The second-order valence-electron chi connectivity index (χ2n) is 9.98. The maximum absolute atomic E-state index is 14.1. The van der Waals surface area contributed by atoms with Crippen molar-refractivity contribution >= 4 is 11.6 Å². The minimum Gasteiger partial charge on any atom is -0.508 e. The van der Waals surface area contributed by atoms with Crippen molar-refractivity contribution in [2.24, 2.45) is 0 Å². The molecular formula is C30H22O12. The highest BCUT2D eigenvalue weighted by Crippen LogP contribution is 2.55. The Balaban J connectivity index is 1.58. The number of rotatable bonds is 3. The van der Waals surface area contributed by atoms with Crippen LogP contribution in [0.15, 0.2) is 54.6 Å². The number of phenols is 8. The lowest BCUT2D eigenvalue weighted by Gasteiger charge is -2.36. The van der Waals surface area contributed by atoms with Gasteiger partial charge >= 0.3 is 0 Å². The van der Waals surface area contributed by atoms with Crippen LogP contribution in [0.4, 0.5) is 0 Å². The Morgan fingerprint density at radius 3 is 1.88 bits per heavy atom. The SMILES string of the molecule is O=C1C[C@@H](c2ccc(O)c(O)c2)Oc2c1c(O)cc(O)c2C1C(=O)c2c(O)cc(O)cc2O[C@H]1c1ccc(O)c(O)c1. The third kappa shape index (κ3) is 4.08. The van der Waals surface area contributed by atoms with Gasteiger partial charge in [-0.25, -0.2) is 0 Å². The van der Waals surface area contributed by atoms with Gasteiger partial charge < -0.3 is 50.3 Å². The third-order valence-electron chi connectivity index (χ3n) is 7.35. The monoisotopic (exact) mass is 574 g/mol. The van der Waals surface area contributed by atoms with Crippen molar-refractivity contribution in [2.45, 2.75) is 24.5 Å². The van der Waals surface area contributed by atoms with Crippen LogP contribution in [0.5, 0.6) is 57.5 Å². The molecule has 214 valence electrons. The van der Waals surface area contributed by atoms with E-state index in [1.807, 2.05) is 0 Å². The second kappa shape index (κ2) is 9.41. The molecule has 2 aliphatic heterocycles. The van der Waals surface area contributed by atoms with Crippen molar-refractivity contribution in [3.05, 3.63) is 82.4 Å². The Morgan fingerprint density at radius 2 is 1.21 bits per heavy atom. The molecule has 0 radical (unpaired) electrons. The number of hydrogen-bond acceptors (Lipinski definition) is 12. The Kier molecular flexibility index (Phi) is 5.92. The first-order chi connectivity index (χ1) is 19.9. The maximum atomic E-state index is 14.1. The lowest BCUT2D eigenvalue weighted by molar-refractivity contribution is 0.0738. The molecule has 1 unspecified atom stereocenters. The van der Waals surface area contributed by atoms with E-state index in [2.05, 4.69) is 0 Å². The zero-order valence-corrected chi connectivity index (χ0v) is 21.3. The van der Waals surface area contributed by atoms with E-state index in [0.717, 1.165) is 30.3 Å². The number of ether oxygens (including phenoxy) is 2. The fourth-order valence-electron chi connectivity index (χ4n) is 5.41. The van der Waals surface area contributed by atoms with E-state index < -0.39 is 75.7 Å². The molecule has 3 atom stereocenters. The van der Waals surface area contributed by atoms with Crippen LogP contribution in [0.1, 0.15) is 62.0 Å². The van der Waals surface area contributed by atoms with Gasteiger partial charge in [0.2, 0.25) is 0 Å². The van der Waals surface area contributed by atoms with Gasteiger partial charge in [-0.3, -0.25) is 9.59 Å². The largest absolute Gasteiger partial charge is 0.508 e. The highest BCUT2D eigenvalue weighted by molar-refractivity contribution is 6.09. The molecule has 12 heteroatoms.